The summed E-state index contributed by atoms with van der Waals surface area (Å²) in [7, 11) is 0. The Kier molecular flexibility index (Phi) is 5.98. The Hall–Kier alpha value is -1.11. The summed E-state index contributed by atoms with van der Waals surface area (Å²) < 4.78 is 0. The average Bonchev–Trinajstić information content (AvgIpc) is 2.03. The van der Waals surface area contributed by atoms with Crippen molar-refractivity contribution in [2.75, 3.05) is 0 Å². The summed E-state index contributed by atoms with van der Waals surface area (Å²) in [6.45, 7) is 5.73. The molecule has 0 heterocycles. The topological polar surface area (TPSA) is 17.1 Å². The van der Waals surface area contributed by atoms with Gasteiger partial charge in [0.15, 0.2) is 5.78 Å². The maximum Gasteiger partial charge on any atom is 0.158 e. The van der Waals surface area contributed by atoms with Crippen LogP contribution in [0.25, 0.3) is 0 Å². The molecule has 0 saturated heterocycles. The van der Waals surface area contributed by atoms with Crippen LogP contribution in [0.3, 0.4) is 0 Å². The van der Waals surface area contributed by atoms with Crippen molar-refractivity contribution in [1.29, 1.82) is 0 Å². The van der Waals surface area contributed by atoms with Crippen molar-refractivity contribution in [2.45, 2.75) is 20.8 Å². The number of ketones is 1. The van der Waals surface area contributed by atoms with Gasteiger partial charge in [-0.05, 0) is 13.0 Å². The van der Waals surface area contributed by atoms with E-state index in [2.05, 4.69) is 0 Å². The van der Waals surface area contributed by atoms with Gasteiger partial charge in [0.1, 0.15) is 0 Å². The van der Waals surface area contributed by atoms with E-state index in [0.717, 1.165) is 0 Å². The van der Waals surface area contributed by atoms with Crippen LogP contribution < -0.4 is 0 Å². The Balaban J connectivity index is 3.84. The molecule has 1 heteroatoms. The highest BCUT2D eigenvalue weighted by atomic mass is 16.1. The van der Waals surface area contributed by atoms with Gasteiger partial charge in [-0.2, -0.15) is 0 Å². The molecule has 0 atom stereocenters. The van der Waals surface area contributed by atoms with Crippen LogP contribution in [0, 0.1) is 5.92 Å². The summed E-state index contributed by atoms with van der Waals surface area (Å²) in [4.78, 5) is 11.0. The predicted octanol–water partition coefficient (Wildman–Crippen LogP) is 2.90. The molecule has 0 fully saturated rings. The first-order valence-electron chi connectivity index (χ1n) is 4.18. The van der Waals surface area contributed by atoms with E-state index in [0.29, 0.717) is 0 Å². The van der Waals surface area contributed by atoms with Crippen LogP contribution in [0.4, 0.5) is 0 Å². The van der Waals surface area contributed by atoms with E-state index in [1.165, 1.54) is 0 Å². The fourth-order valence-corrected chi connectivity index (χ4v) is 0.582. The maximum absolute atomic E-state index is 11.0. The van der Waals surface area contributed by atoms with Crippen LogP contribution in [0.15, 0.2) is 36.5 Å². The Labute approximate surface area is 74.5 Å². The normalized spacial score (nSPS) is 12.7. The second kappa shape index (κ2) is 6.59. The van der Waals surface area contributed by atoms with Crippen LogP contribution in [-0.4, -0.2) is 5.78 Å². The summed E-state index contributed by atoms with van der Waals surface area (Å²) in [5, 5.41) is 0. The summed E-state index contributed by atoms with van der Waals surface area (Å²) in [5.41, 5.74) is 0. The molecule has 0 amide bonds. The highest BCUT2D eigenvalue weighted by Crippen LogP contribution is 1.95. The lowest BCUT2D eigenvalue weighted by Gasteiger charge is -1.94. The molecular weight excluding hydrogens is 148 g/mol. The lowest BCUT2D eigenvalue weighted by Crippen LogP contribution is -2.01. The molecule has 1 nitrogen and oxygen atoms in total. The van der Waals surface area contributed by atoms with Gasteiger partial charge in [0.25, 0.3) is 0 Å². The third-order valence-corrected chi connectivity index (χ3v) is 1.36. The first kappa shape index (κ1) is 10.9. The molecule has 0 spiro atoms. The van der Waals surface area contributed by atoms with Crippen LogP contribution in [-0.2, 0) is 4.79 Å². The van der Waals surface area contributed by atoms with E-state index in [1.54, 1.807) is 12.2 Å². The molecule has 0 radical (unpaired) electrons. The largest absolute Gasteiger partial charge is 0.295 e. The van der Waals surface area contributed by atoms with Gasteiger partial charge >= 0.3 is 0 Å². The number of hydrogen-bond acceptors (Lipinski definition) is 1. The van der Waals surface area contributed by atoms with E-state index in [-0.39, 0.29) is 11.7 Å². The summed E-state index contributed by atoms with van der Waals surface area (Å²) in [5.74, 6) is 0.261. The fourth-order valence-electron chi connectivity index (χ4n) is 0.582. The van der Waals surface area contributed by atoms with Gasteiger partial charge in [0, 0.05) is 5.92 Å². The van der Waals surface area contributed by atoms with E-state index in [9.17, 15) is 4.79 Å². The minimum Gasteiger partial charge on any atom is -0.295 e. The number of rotatable bonds is 4. The van der Waals surface area contributed by atoms with Gasteiger partial charge in [-0.25, -0.2) is 0 Å². The van der Waals surface area contributed by atoms with E-state index in [1.807, 2.05) is 45.1 Å². The van der Waals surface area contributed by atoms with Crippen molar-refractivity contribution >= 4 is 5.78 Å². The molecule has 0 aromatic rings. The van der Waals surface area contributed by atoms with Gasteiger partial charge in [0.05, 0.1) is 0 Å². The molecule has 66 valence electrons. The van der Waals surface area contributed by atoms with Crippen LogP contribution >= 0.6 is 0 Å². The molecule has 0 aromatic carbocycles. The van der Waals surface area contributed by atoms with Crippen LogP contribution in [0.1, 0.15) is 20.8 Å². The standard InChI is InChI=1S/C11H16O/c1-4-5-6-7-8-9-11(12)10(2)3/h4-10H,1-3H3/b5-4+,7-6+,9-8+. The van der Waals surface area contributed by atoms with Crippen molar-refractivity contribution < 1.29 is 4.79 Å². The molecule has 0 aliphatic carbocycles. The molecule has 0 aliphatic rings. The average molecular weight is 164 g/mol. The second-order valence-corrected chi connectivity index (χ2v) is 2.83. The molecule has 0 aliphatic heterocycles. The minimum absolute atomic E-state index is 0.0939. The third-order valence-electron chi connectivity index (χ3n) is 1.36. The summed E-state index contributed by atoms with van der Waals surface area (Å²) >= 11 is 0. The van der Waals surface area contributed by atoms with Crippen molar-refractivity contribution in [1.82, 2.24) is 0 Å². The smallest absolute Gasteiger partial charge is 0.158 e. The highest BCUT2D eigenvalue weighted by Gasteiger charge is 1.99. The van der Waals surface area contributed by atoms with Crippen molar-refractivity contribution in [3.8, 4) is 0 Å². The van der Waals surface area contributed by atoms with Gasteiger partial charge in [-0.3, -0.25) is 4.79 Å². The Morgan fingerprint density at radius 3 is 2.17 bits per heavy atom. The van der Waals surface area contributed by atoms with Gasteiger partial charge in [0.2, 0.25) is 0 Å². The number of hydrogen-bond donors (Lipinski definition) is 0. The monoisotopic (exact) mass is 164 g/mol. The number of allylic oxidation sites excluding steroid dienone is 6. The van der Waals surface area contributed by atoms with Crippen molar-refractivity contribution in [3.05, 3.63) is 36.5 Å². The lowest BCUT2D eigenvalue weighted by molar-refractivity contribution is -0.117. The molecule has 0 unspecified atom stereocenters. The lowest BCUT2D eigenvalue weighted by atomic mass is 10.1. The molecule has 0 bridgehead atoms. The zero-order chi connectivity index (χ0) is 9.40. The summed E-state index contributed by atoms with van der Waals surface area (Å²) in [6.07, 6.45) is 11.0. The molecule has 0 N–H and O–H groups in total. The number of carbonyl (C=O) groups excluding carboxylic acids is 1. The molecular formula is C11H16O. The maximum atomic E-state index is 11.0. The molecule has 0 rings (SSSR count). The Morgan fingerprint density at radius 2 is 1.67 bits per heavy atom. The van der Waals surface area contributed by atoms with Crippen molar-refractivity contribution in [2.24, 2.45) is 5.92 Å². The minimum atomic E-state index is 0.0939. The van der Waals surface area contributed by atoms with E-state index >= 15 is 0 Å². The molecule has 0 saturated carbocycles. The third kappa shape index (κ3) is 5.66. The molecule has 12 heavy (non-hydrogen) atoms. The number of carbonyl (C=O) groups is 1. The Bertz CT molecular complexity index is 207. The molecule has 0 aromatic heterocycles. The predicted molar refractivity (Wildman–Crippen MR) is 52.9 cm³/mol. The first-order valence-corrected chi connectivity index (χ1v) is 4.18. The zero-order valence-electron chi connectivity index (χ0n) is 7.95. The quantitative estimate of drug-likeness (QED) is 0.461. The van der Waals surface area contributed by atoms with Gasteiger partial charge in [-0.1, -0.05) is 44.2 Å². The SMILES string of the molecule is C/C=C/C=C/C=C/C(=O)C(C)C. The first-order chi connectivity index (χ1) is 5.68. The van der Waals surface area contributed by atoms with Crippen molar-refractivity contribution in [3.63, 3.8) is 0 Å². The van der Waals surface area contributed by atoms with E-state index in [4.69, 9.17) is 0 Å². The van der Waals surface area contributed by atoms with Gasteiger partial charge in [-0.15, -0.1) is 0 Å². The van der Waals surface area contributed by atoms with Crippen LogP contribution in [0.2, 0.25) is 0 Å². The second-order valence-electron chi connectivity index (χ2n) is 2.83. The Morgan fingerprint density at radius 1 is 1.08 bits per heavy atom. The fraction of sp³-hybridized carbons (Fsp3) is 0.364. The highest BCUT2D eigenvalue weighted by molar-refractivity contribution is 5.91. The zero-order valence-corrected chi connectivity index (χ0v) is 7.95. The van der Waals surface area contributed by atoms with Gasteiger partial charge < -0.3 is 0 Å². The summed E-state index contributed by atoms with van der Waals surface area (Å²) in [6, 6.07) is 0. The van der Waals surface area contributed by atoms with E-state index < -0.39 is 0 Å². The van der Waals surface area contributed by atoms with Crippen LogP contribution in [0.5, 0.6) is 0 Å².